The number of aryl methyl sites for hydroxylation is 1. The normalized spacial score (nSPS) is 11.4. The Morgan fingerprint density at radius 2 is 1.75 bits per heavy atom. The summed E-state index contributed by atoms with van der Waals surface area (Å²) < 4.78 is 1.91. The minimum absolute atomic E-state index is 0.253. The summed E-state index contributed by atoms with van der Waals surface area (Å²) >= 11 is 6.05. The van der Waals surface area contributed by atoms with Gasteiger partial charge in [0.15, 0.2) is 5.69 Å². The SMILES string of the molecule is Cc1ccn2c(-c3nc4ccccc4[nH]c3=O)c(-c3ccc(Cl)cc3)nc2c1. The molecular weight excluding hydrogens is 372 g/mol. The van der Waals surface area contributed by atoms with E-state index in [1.54, 1.807) is 0 Å². The third-order valence-electron chi connectivity index (χ3n) is 4.72. The monoisotopic (exact) mass is 386 g/mol. The minimum atomic E-state index is -0.253. The number of hydrogen-bond donors (Lipinski definition) is 1. The minimum Gasteiger partial charge on any atom is -0.319 e. The molecule has 3 aromatic heterocycles. The maximum atomic E-state index is 12.9. The van der Waals surface area contributed by atoms with Crippen LogP contribution in [-0.2, 0) is 0 Å². The van der Waals surface area contributed by atoms with E-state index in [9.17, 15) is 4.79 Å². The lowest BCUT2D eigenvalue weighted by atomic mass is 10.1. The van der Waals surface area contributed by atoms with Crippen LogP contribution in [0.2, 0.25) is 5.02 Å². The molecule has 0 saturated heterocycles. The van der Waals surface area contributed by atoms with Crippen molar-refractivity contribution < 1.29 is 0 Å². The maximum absolute atomic E-state index is 12.9. The van der Waals surface area contributed by atoms with E-state index in [0.29, 0.717) is 27.6 Å². The number of hydrogen-bond acceptors (Lipinski definition) is 3. The second-order valence-electron chi connectivity index (χ2n) is 6.68. The summed E-state index contributed by atoms with van der Waals surface area (Å²) in [6, 6.07) is 18.9. The summed E-state index contributed by atoms with van der Waals surface area (Å²) in [6.07, 6.45) is 1.92. The zero-order valence-electron chi connectivity index (χ0n) is 15.0. The summed E-state index contributed by atoms with van der Waals surface area (Å²) in [5.74, 6) is 0. The smallest absolute Gasteiger partial charge is 0.276 e. The third kappa shape index (κ3) is 2.68. The van der Waals surface area contributed by atoms with Crippen molar-refractivity contribution in [3.05, 3.63) is 87.8 Å². The average Bonchev–Trinajstić information content (AvgIpc) is 3.06. The molecule has 0 amide bonds. The Morgan fingerprint density at radius 1 is 0.964 bits per heavy atom. The summed E-state index contributed by atoms with van der Waals surface area (Å²) in [6.45, 7) is 2.01. The van der Waals surface area contributed by atoms with Gasteiger partial charge in [0.05, 0.1) is 16.7 Å². The van der Waals surface area contributed by atoms with Crippen molar-refractivity contribution >= 4 is 28.3 Å². The van der Waals surface area contributed by atoms with Crippen LogP contribution in [0.3, 0.4) is 0 Å². The molecule has 0 aliphatic rings. The fourth-order valence-electron chi connectivity index (χ4n) is 3.37. The second kappa shape index (κ2) is 6.32. The second-order valence-corrected chi connectivity index (χ2v) is 7.12. The lowest BCUT2D eigenvalue weighted by Crippen LogP contribution is -2.13. The lowest BCUT2D eigenvalue weighted by molar-refractivity contribution is 1.13. The Labute approximate surface area is 165 Å². The Bertz CT molecular complexity index is 1400. The number of para-hydroxylation sites is 2. The van der Waals surface area contributed by atoms with Crippen LogP contribution >= 0.6 is 11.6 Å². The van der Waals surface area contributed by atoms with E-state index in [-0.39, 0.29) is 5.56 Å². The molecule has 5 nitrogen and oxygen atoms in total. The molecule has 0 aliphatic heterocycles. The summed E-state index contributed by atoms with van der Waals surface area (Å²) in [7, 11) is 0. The Hall–Kier alpha value is -3.44. The standard InChI is InChI=1S/C22H15ClN4O/c1-13-10-11-27-18(12-13)26-19(14-6-8-15(23)9-7-14)21(27)20-22(28)25-17-5-3-2-4-16(17)24-20/h2-12H,1H3,(H,25,28). The molecule has 136 valence electrons. The van der Waals surface area contributed by atoms with Crippen molar-refractivity contribution in [3.8, 4) is 22.6 Å². The predicted molar refractivity (Wildman–Crippen MR) is 112 cm³/mol. The first kappa shape index (κ1) is 16.7. The molecule has 0 atom stereocenters. The summed E-state index contributed by atoms with van der Waals surface area (Å²) in [5.41, 5.74) is 5.57. The van der Waals surface area contributed by atoms with Gasteiger partial charge >= 0.3 is 0 Å². The van der Waals surface area contributed by atoms with E-state index >= 15 is 0 Å². The zero-order valence-corrected chi connectivity index (χ0v) is 15.7. The first-order chi connectivity index (χ1) is 13.6. The molecule has 0 unspecified atom stereocenters. The van der Waals surface area contributed by atoms with Crippen molar-refractivity contribution in [3.63, 3.8) is 0 Å². The Morgan fingerprint density at radius 3 is 2.57 bits per heavy atom. The fourth-order valence-corrected chi connectivity index (χ4v) is 3.50. The van der Waals surface area contributed by atoms with E-state index in [0.717, 1.165) is 22.3 Å². The highest BCUT2D eigenvalue weighted by Gasteiger charge is 2.20. The van der Waals surface area contributed by atoms with Crippen molar-refractivity contribution in [1.29, 1.82) is 0 Å². The number of nitrogens with one attached hydrogen (secondary N) is 1. The van der Waals surface area contributed by atoms with Gasteiger partial charge in [0.25, 0.3) is 5.56 Å². The molecule has 0 bridgehead atoms. The number of rotatable bonds is 2. The molecule has 3 heterocycles. The Balaban J connectivity index is 1.88. The number of aromatic amines is 1. The van der Waals surface area contributed by atoms with Gasteiger partial charge in [-0.05, 0) is 48.9 Å². The molecule has 5 aromatic rings. The van der Waals surface area contributed by atoms with Gasteiger partial charge in [-0.2, -0.15) is 0 Å². The summed E-state index contributed by atoms with van der Waals surface area (Å²) in [4.78, 5) is 25.3. The van der Waals surface area contributed by atoms with Crippen LogP contribution < -0.4 is 5.56 Å². The fraction of sp³-hybridized carbons (Fsp3) is 0.0455. The van der Waals surface area contributed by atoms with Crippen LogP contribution in [0.4, 0.5) is 0 Å². The number of nitrogens with zero attached hydrogens (tertiary/aromatic N) is 3. The van der Waals surface area contributed by atoms with Gasteiger partial charge in [-0.25, -0.2) is 9.97 Å². The molecule has 28 heavy (non-hydrogen) atoms. The molecule has 5 rings (SSSR count). The summed E-state index contributed by atoms with van der Waals surface area (Å²) in [5, 5.41) is 0.645. The van der Waals surface area contributed by atoms with Crippen molar-refractivity contribution in [2.24, 2.45) is 0 Å². The first-order valence-corrected chi connectivity index (χ1v) is 9.22. The molecule has 0 spiro atoms. The van der Waals surface area contributed by atoms with Gasteiger partial charge in [0.1, 0.15) is 11.3 Å². The molecule has 0 fully saturated rings. The van der Waals surface area contributed by atoms with Gasteiger partial charge < -0.3 is 4.98 Å². The van der Waals surface area contributed by atoms with Crippen LogP contribution in [0.15, 0.2) is 71.7 Å². The number of benzene rings is 2. The number of imidazole rings is 1. The van der Waals surface area contributed by atoms with Crippen molar-refractivity contribution in [2.75, 3.05) is 0 Å². The lowest BCUT2D eigenvalue weighted by Gasteiger charge is -2.06. The largest absolute Gasteiger partial charge is 0.319 e. The van der Waals surface area contributed by atoms with Crippen LogP contribution in [0, 0.1) is 6.92 Å². The molecule has 0 radical (unpaired) electrons. The number of fused-ring (bicyclic) bond motifs is 2. The van der Waals surface area contributed by atoms with Crippen molar-refractivity contribution in [1.82, 2.24) is 19.4 Å². The third-order valence-corrected chi connectivity index (χ3v) is 4.98. The quantitative estimate of drug-likeness (QED) is 0.471. The zero-order chi connectivity index (χ0) is 19.3. The van der Waals surface area contributed by atoms with Gasteiger partial charge in [-0.15, -0.1) is 0 Å². The van der Waals surface area contributed by atoms with Crippen LogP contribution in [0.25, 0.3) is 39.3 Å². The van der Waals surface area contributed by atoms with Crippen molar-refractivity contribution in [2.45, 2.75) is 6.92 Å². The van der Waals surface area contributed by atoms with Crippen LogP contribution in [0.1, 0.15) is 5.56 Å². The molecular formula is C22H15ClN4O. The number of H-pyrrole nitrogens is 1. The van der Waals surface area contributed by atoms with E-state index in [2.05, 4.69) is 9.97 Å². The Kier molecular flexibility index (Phi) is 3.77. The number of aromatic nitrogens is 4. The molecule has 0 saturated carbocycles. The predicted octanol–water partition coefficient (Wildman–Crippen LogP) is 4.87. The molecule has 1 N–H and O–H groups in total. The first-order valence-electron chi connectivity index (χ1n) is 8.84. The number of pyridine rings is 1. The van der Waals surface area contributed by atoms with Gasteiger partial charge in [-0.1, -0.05) is 35.9 Å². The van der Waals surface area contributed by atoms with E-state index in [1.807, 2.05) is 78.2 Å². The highest BCUT2D eigenvalue weighted by atomic mass is 35.5. The van der Waals surface area contributed by atoms with E-state index < -0.39 is 0 Å². The molecule has 6 heteroatoms. The molecule has 2 aromatic carbocycles. The van der Waals surface area contributed by atoms with Gasteiger partial charge in [0.2, 0.25) is 0 Å². The van der Waals surface area contributed by atoms with Crippen LogP contribution in [0.5, 0.6) is 0 Å². The maximum Gasteiger partial charge on any atom is 0.276 e. The molecule has 0 aliphatic carbocycles. The highest BCUT2D eigenvalue weighted by Crippen LogP contribution is 2.31. The highest BCUT2D eigenvalue weighted by molar-refractivity contribution is 6.30. The van der Waals surface area contributed by atoms with Gasteiger partial charge in [0, 0.05) is 16.8 Å². The van der Waals surface area contributed by atoms with Crippen LogP contribution in [-0.4, -0.2) is 19.4 Å². The topological polar surface area (TPSA) is 63.1 Å². The average molecular weight is 387 g/mol. The van der Waals surface area contributed by atoms with E-state index in [4.69, 9.17) is 16.6 Å². The number of halogens is 1. The van der Waals surface area contributed by atoms with E-state index in [1.165, 1.54) is 0 Å². The van der Waals surface area contributed by atoms with Gasteiger partial charge in [-0.3, -0.25) is 9.20 Å².